The van der Waals surface area contributed by atoms with Gasteiger partial charge in [0, 0.05) is 47.1 Å². The summed E-state index contributed by atoms with van der Waals surface area (Å²) >= 11 is 0. The molecule has 4 aromatic carbocycles. The first-order valence-corrected chi connectivity index (χ1v) is 20.7. The maximum absolute atomic E-state index is 12.9. The molecule has 2 N–H and O–H groups in total. The standard InChI is InChI=1S/C54H40N6O4/c1-3-47(61)63-45-21-13-11-19-39(45)51-49-50(54(59-51)42(34-56)44-32-38(28-30-58-44)26-24-36-17-9-6-10-18-36)52(40-20-12-14-22-46(40)64-48(62)4-2)60-53(49)41(33-55)43-31-37(27-29-57-43)25-23-35-15-7-5-8-16-35/h5-32,59-60H,3-4H2,1-2H3/b25-23+,26-24+,53-41-,54-42-. The molecule has 0 atom stereocenters. The molecule has 0 aliphatic heterocycles. The Hall–Kier alpha value is -8.86. The van der Waals surface area contributed by atoms with Gasteiger partial charge in [-0.25, -0.2) is 0 Å². The highest BCUT2D eigenvalue weighted by atomic mass is 16.5. The predicted octanol–water partition coefficient (Wildman–Crippen LogP) is 10.0. The Bertz CT molecular complexity index is 3090. The van der Waals surface area contributed by atoms with Crippen molar-refractivity contribution in [2.75, 3.05) is 0 Å². The summed E-state index contributed by atoms with van der Waals surface area (Å²) in [6.07, 6.45) is 11.4. The SMILES string of the molecule is CCC(=O)Oc1ccccc1-c1[nH]/c(=C(/C#N)c2cc(/C=C/c3ccccc3)ccn2)c2c(-c3ccccc3OC(=O)CC)[nH]/c(=C(/C#N)c3cc(/C=C/c4ccccc4)ccn3)c12. The van der Waals surface area contributed by atoms with Gasteiger partial charge in [-0.05, 0) is 70.8 Å². The molecule has 10 nitrogen and oxygen atoms in total. The predicted molar refractivity (Wildman–Crippen MR) is 250 cm³/mol. The van der Waals surface area contributed by atoms with Crippen molar-refractivity contribution in [3.05, 3.63) is 190 Å². The quantitative estimate of drug-likeness (QED) is 0.0910. The number of esters is 2. The van der Waals surface area contributed by atoms with Gasteiger partial charge in [0.05, 0.1) is 33.5 Å². The number of pyridine rings is 2. The minimum atomic E-state index is -0.445. The third-order valence-electron chi connectivity index (χ3n) is 10.4. The number of nitriles is 2. The lowest BCUT2D eigenvalue weighted by atomic mass is 10.0. The van der Waals surface area contributed by atoms with Crippen molar-refractivity contribution < 1.29 is 19.1 Å². The number of aromatic amines is 2. The van der Waals surface area contributed by atoms with Crippen LogP contribution >= 0.6 is 0 Å². The van der Waals surface area contributed by atoms with Crippen LogP contribution in [0.1, 0.15) is 60.3 Å². The number of ether oxygens (including phenoxy) is 2. The second-order valence-electron chi connectivity index (χ2n) is 14.6. The van der Waals surface area contributed by atoms with Crippen LogP contribution in [-0.4, -0.2) is 31.9 Å². The molecular formula is C54H40N6O4. The van der Waals surface area contributed by atoms with Gasteiger partial charge < -0.3 is 19.4 Å². The summed E-state index contributed by atoms with van der Waals surface area (Å²) in [5, 5.41) is 24.0. The van der Waals surface area contributed by atoms with Gasteiger partial charge in [0.25, 0.3) is 0 Å². The minimum absolute atomic E-state index is 0.132. The Kier molecular flexibility index (Phi) is 12.6. The topological polar surface area (TPSA) is 158 Å². The molecule has 0 unspecified atom stereocenters. The van der Waals surface area contributed by atoms with Crippen LogP contribution in [0.25, 0.3) is 68.7 Å². The van der Waals surface area contributed by atoms with Crippen LogP contribution in [-0.2, 0) is 9.59 Å². The normalized spacial score (nSPS) is 12.2. The van der Waals surface area contributed by atoms with Gasteiger partial charge in [-0.15, -0.1) is 0 Å². The average Bonchev–Trinajstić information content (AvgIpc) is 3.91. The molecule has 10 heteroatoms. The third kappa shape index (κ3) is 8.94. The number of nitrogens with zero attached hydrogens (tertiary/aromatic N) is 4. The Morgan fingerprint density at radius 3 is 1.30 bits per heavy atom. The van der Waals surface area contributed by atoms with Gasteiger partial charge in [-0.3, -0.25) is 19.6 Å². The largest absolute Gasteiger partial charge is 0.426 e. The van der Waals surface area contributed by atoms with Gasteiger partial charge in [-0.1, -0.05) is 123 Å². The van der Waals surface area contributed by atoms with Crippen molar-refractivity contribution in [3.63, 3.8) is 0 Å². The van der Waals surface area contributed by atoms with E-state index in [4.69, 9.17) is 9.47 Å². The fraction of sp³-hybridized carbons (Fsp3) is 0.0741. The summed E-state index contributed by atoms with van der Waals surface area (Å²) in [6.45, 7) is 3.42. The highest BCUT2D eigenvalue weighted by molar-refractivity contribution is 6.09. The van der Waals surface area contributed by atoms with Crippen LogP contribution in [0.4, 0.5) is 0 Å². The highest BCUT2D eigenvalue weighted by Crippen LogP contribution is 2.38. The number of benzene rings is 4. The fourth-order valence-corrected chi connectivity index (χ4v) is 7.31. The van der Waals surface area contributed by atoms with E-state index in [0.717, 1.165) is 22.3 Å². The number of fused-ring (bicyclic) bond motifs is 1. The van der Waals surface area contributed by atoms with Crippen LogP contribution in [0, 0.1) is 22.7 Å². The summed E-state index contributed by atoms with van der Waals surface area (Å²) in [6, 6.07) is 46.1. The molecule has 64 heavy (non-hydrogen) atoms. The summed E-state index contributed by atoms with van der Waals surface area (Å²) in [4.78, 5) is 42.2. The molecule has 310 valence electrons. The molecule has 4 aromatic heterocycles. The molecule has 0 fully saturated rings. The van der Waals surface area contributed by atoms with E-state index in [0.29, 0.717) is 55.4 Å². The Morgan fingerprint density at radius 1 is 0.531 bits per heavy atom. The van der Waals surface area contributed by atoms with E-state index in [1.54, 1.807) is 62.6 Å². The number of rotatable bonds is 12. The molecule has 8 aromatic rings. The zero-order valence-corrected chi connectivity index (χ0v) is 35.0. The molecule has 0 saturated carbocycles. The maximum Gasteiger partial charge on any atom is 0.310 e. The molecule has 8 rings (SSSR count). The zero-order valence-electron chi connectivity index (χ0n) is 35.0. The number of para-hydroxylation sites is 2. The van der Waals surface area contributed by atoms with Crippen molar-refractivity contribution >= 4 is 58.2 Å². The second-order valence-corrected chi connectivity index (χ2v) is 14.6. The Morgan fingerprint density at radius 2 is 0.906 bits per heavy atom. The number of aromatic nitrogens is 4. The molecule has 0 spiro atoms. The van der Waals surface area contributed by atoms with Crippen molar-refractivity contribution in [2.24, 2.45) is 0 Å². The molecule has 0 amide bonds. The van der Waals surface area contributed by atoms with Crippen molar-refractivity contribution in [1.29, 1.82) is 10.5 Å². The maximum atomic E-state index is 12.9. The van der Waals surface area contributed by atoms with Crippen molar-refractivity contribution in [1.82, 2.24) is 19.9 Å². The lowest BCUT2D eigenvalue weighted by molar-refractivity contribution is -0.134. The molecule has 0 aliphatic rings. The monoisotopic (exact) mass is 836 g/mol. The van der Waals surface area contributed by atoms with Gasteiger partial charge in [0.15, 0.2) is 0 Å². The van der Waals surface area contributed by atoms with Crippen LogP contribution < -0.4 is 20.2 Å². The minimum Gasteiger partial charge on any atom is -0.426 e. The van der Waals surface area contributed by atoms with Crippen LogP contribution in [0.2, 0.25) is 0 Å². The second kappa shape index (κ2) is 19.2. The van der Waals surface area contributed by atoms with Gasteiger partial charge in [-0.2, -0.15) is 10.5 Å². The first-order chi connectivity index (χ1) is 31.4. The molecule has 0 radical (unpaired) electrons. The Labute approximate surface area is 369 Å². The molecular weight excluding hydrogens is 797 g/mol. The smallest absolute Gasteiger partial charge is 0.310 e. The summed E-state index contributed by atoms with van der Waals surface area (Å²) in [7, 11) is 0. The number of nitrogens with one attached hydrogen (secondary N) is 2. The van der Waals surface area contributed by atoms with Crippen molar-refractivity contribution in [2.45, 2.75) is 26.7 Å². The zero-order chi connectivity index (χ0) is 44.4. The van der Waals surface area contributed by atoms with E-state index >= 15 is 0 Å². The summed E-state index contributed by atoms with van der Waals surface area (Å²) in [5.74, 6) is -0.353. The molecule has 0 aliphatic carbocycles. The van der Waals surface area contributed by atoms with Crippen LogP contribution in [0.3, 0.4) is 0 Å². The van der Waals surface area contributed by atoms with E-state index in [2.05, 4.69) is 32.1 Å². The van der Waals surface area contributed by atoms with Gasteiger partial charge in [0.1, 0.15) is 34.8 Å². The fourth-order valence-electron chi connectivity index (χ4n) is 7.31. The van der Waals surface area contributed by atoms with E-state index in [1.165, 1.54) is 0 Å². The van der Waals surface area contributed by atoms with Crippen LogP contribution in [0.5, 0.6) is 11.5 Å². The summed E-state index contributed by atoms with van der Waals surface area (Å²) < 4.78 is 11.8. The van der Waals surface area contributed by atoms with E-state index < -0.39 is 11.9 Å². The summed E-state index contributed by atoms with van der Waals surface area (Å²) in [5.41, 5.74) is 6.64. The number of hydrogen-bond donors (Lipinski definition) is 2. The molecule has 0 bridgehead atoms. The van der Waals surface area contributed by atoms with Crippen molar-refractivity contribution in [3.8, 4) is 46.2 Å². The van der Waals surface area contributed by atoms with Gasteiger partial charge >= 0.3 is 11.9 Å². The van der Waals surface area contributed by atoms with E-state index in [9.17, 15) is 20.1 Å². The number of carbonyl (C=O) groups is 2. The third-order valence-corrected chi connectivity index (χ3v) is 10.4. The van der Waals surface area contributed by atoms with E-state index in [1.807, 2.05) is 121 Å². The average molecular weight is 837 g/mol. The number of carbonyl (C=O) groups excluding carboxylic acids is 2. The number of hydrogen-bond acceptors (Lipinski definition) is 8. The molecule has 4 heterocycles. The lowest BCUT2D eigenvalue weighted by Crippen LogP contribution is -2.13. The molecule has 0 saturated heterocycles. The van der Waals surface area contributed by atoms with E-state index in [-0.39, 0.29) is 35.5 Å². The highest BCUT2D eigenvalue weighted by Gasteiger charge is 2.26. The number of H-pyrrole nitrogens is 2. The Balaban J connectivity index is 1.49. The first-order valence-electron chi connectivity index (χ1n) is 20.7. The van der Waals surface area contributed by atoms with Gasteiger partial charge in [0.2, 0.25) is 0 Å². The van der Waals surface area contributed by atoms with Crippen LogP contribution in [0.15, 0.2) is 146 Å². The lowest BCUT2D eigenvalue weighted by Gasteiger charge is -2.09. The first kappa shape index (κ1) is 41.9.